The second-order valence-electron chi connectivity index (χ2n) is 6.06. The lowest BCUT2D eigenvalue weighted by Gasteiger charge is -2.27. The molecule has 3 atom stereocenters. The minimum Gasteiger partial charge on any atom is -0.382 e. The molecule has 0 saturated heterocycles. The Labute approximate surface area is 140 Å². The molecular formula is C17H25F3N2O2. The van der Waals surface area contributed by atoms with Crippen molar-refractivity contribution < 1.29 is 23.1 Å². The topological polar surface area (TPSA) is 52.6 Å². The normalized spacial score (nSPS) is 15.9. The molecular weight excluding hydrogens is 321 g/mol. The van der Waals surface area contributed by atoms with E-state index in [1.807, 2.05) is 26.0 Å². The number of carbonyl (C=O) groups excluding carboxylic acids is 1. The van der Waals surface area contributed by atoms with Gasteiger partial charge in [0.25, 0.3) is 0 Å². The Morgan fingerprint density at radius 2 is 1.88 bits per heavy atom. The summed E-state index contributed by atoms with van der Waals surface area (Å²) in [5.74, 6) is -0.163. The van der Waals surface area contributed by atoms with Crippen LogP contribution < -0.4 is 5.32 Å². The molecule has 1 amide bonds. The first-order chi connectivity index (χ1) is 11.1. The molecule has 0 aliphatic rings. The molecule has 0 aromatic heterocycles. The van der Waals surface area contributed by atoms with E-state index in [4.69, 9.17) is 5.11 Å². The van der Waals surface area contributed by atoms with Crippen LogP contribution >= 0.6 is 0 Å². The molecule has 1 aromatic rings. The van der Waals surface area contributed by atoms with Gasteiger partial charge in [0.2, 0.25) is 5.91 Å². The zero-order valence-corrected chi connectivity index (χ0v) is 14.4. The van der Waals surface area contributed by atoms with Gasteiger partial charge in [-0.3, -0.25) is 9.69 Å². The first-order valence-electron chi connectivity index (χ1n) is 7.92. The molecule has 0 spiro atoms. The molecule has 1 aromatic carbocycles. The fourth-order valence-electron chi connectivity index (χ4n) is 2.23. The number of aliphatic hydroxyl groups is 1. The van der Waals surface area contributed by atoms with Gasteiger partial charge in [0, 0.05) is 12.2 Å². The standard InChI is InChI=1S/C17H25F3N2O2/c1-5-11(2)13-8-6-7-9-14(13)21-16(24)12(3)22(4)10-15(23)17(18,19)20/h6-9,11-12,15,23H,5,10H2,1-4H3,(H,21,24). The highest BCUT2D eigenvalue weighted by Gasteiger charge is 2.39. The van der Waals surface area contributed by atoms with Crippen molar-refractivity contribution in [2.24, 2.45) is 0 Å². The molecule has 7 heteroatoms. The van der Waals surface area contributed by atoms with Crippen molar-refractivity contribution in [3.05, 3.63) is 29.8 Å². The summed E-state index contributed by atoms with van der Waals surface area (Å²) < 4.78 is 37.3. The molecule has 1 rings (SSSR count). The second kappa shape index (κ2) is 8.48. The van der Waals surface area contributed by atoms with E-state index in [-0.39, 0.29) is 5.92 Å². The van der Waals surface area contributed by atoms with Gasteiger partial charge in [-0.2, -0.15) is 13.2 Å². The van der Waals surface area contributed by atoms with Crippen molar-refractivity contribution in [1.82, 2.24) is 4.90 Å². The third kappa shape index (κ3) is 5.49. The molecule has 24 heavy (non-hydrogen) atoms. The van der Waals surface area contributed by atoms with Crippen LogP contribution in [0, 0.1) is 0 Å². The first kappa shape index (κ1) is 20.4. The molecule has 136 valence electrons. The molecule has 0 fully saturated rings. The largest absolute Gasteiger partial charge is 0.415 e. The maximum atomic E-state index is 12.4. The number of nitrogens with zero attached hydrogens (tertiary/aromatic N) is 1. The molecule has 0 aliphatic heterocycles. The van der Waals surface area contributed by atoms with E-state index in [1.165, 1.54) is 18.9 Å². The summed E-state index contributed by atoms with van der Waals surface area (Å²) in [6.07, 6.45) is -6.28. The number of benzene rings is 1. The van der Waals surface area contributed by atoms with Crippen LogP contribution in [-0.2, 0) is 4.79 Å². The summed E-state index contributed by atoms with van der Waals surface area (Å²) >= 11 is 0. The Kier molecular flexibility index (Phi) is 7.23. The number of nitrogens with one attached hydrogen (secondary N) is 1. The zero-order valence-electron chi connectivity index (χ0n) is 14.4. The molecule has 3 unspecified atom stereocenters. The summed E-state index contributed by atoms with van der Waals surface area (Å²) in [7, 11) is 1.37. The van der Waals surface area contributed by atoms with E-state index in [2.05, 4.69) is 5.32 Å². The Bertz CT molecular complexity index is 549. The molecule has 0 saturated carbocycles. The van der Waals surface area contributed by atoms with Crippen LogP contribution in [0.1, 0.15) is 38.7 Å². The number of aliphatic hydroxyl groups excluding tert-OH is 1. The van der Waals surface area contributed by atoms with Gasteiger partial charge in [0.1, 0.15) is 0 Å². The van der Waals surface area contributed by atoms with Crippen LogP contribution in [-0.4, -0.2) is 47.8 Å². The number of likely N-dealkylation sites (N-methyl/N-ethyl adjacent to an activating group) is 1. The smallest absolute Gasteiger partial charge is 0.382 e. The molecule has 0 bridgehead atoms. The number of amides is 1. The van der Waals surface area contributed by atoms with Crippen molar-refractivity contribution in [2.45, 2.75) is 51.4 Å². The van der Waals surface area contributed by atoms with Gasteiger partial charge in [0.05, 0.1) is 6.04 Å². The van der Waals surface area contributed by atoms with E-state index in [1.54, 1.807) is 12.1 Å². The predicted molar refractivity (Wildman–Crippen MR) is 87.9 cm³/mol. The number of rotatable bonds is 7. The zero-order chi connectivity index (χ0) is 18.5. The van der Waals surface area contributed by atoms with Gasteiger partial charge in [-0.1, -0.05) is 32.0 Å². The van der Waals surface area contributed by atoms with Gasteiger partial charge in [-0.25, -0.2) is 0 Å². The highest BCUT2D eigenvalue weighted by molar-refractivity contribution is 5.95. The van der Waals surface area contributed by atoms with Gasteiger partial charge < -0.3 is 10.4 Å². The minimum absolute atomic E-state index is 0.251. The van der Waals surface area contributed by atoms with Crippen molar-refractivity contribution in [3.8, 4) is 0 Å². The van der Waals surface area contributed by atoms with Crippen molar-refractivity contribution in [1.29, 1.82) is 0 Å². The quantitative estimate of drug-likeness (QED) is 0.796. The Balaban J connectivity index is 2.78. The van der Waals surface area contributed by atoms with E-state index < -0.39 is 30.8 Å². The van der Waals surface area contributed by atoms with E-state index in [0.29, 0.717) is 5.69 Å². The fourth-order valence-corrected chi connectivity index (χ4v) is 2.23. The number of para-hydroxylation sites is 1. The molecule has 0 radical (unpaired) electrons. The molecule has 0 heterocycles. The van der Waals surface area contributed by atoms with Crippen molar-refractivity contribution in [3.63, 3.8) is 0 Å². The lowest BCUT2D eigenvalue weighted by molar-refractivity contribution is -0.208. The summed E-state index contributed by atoms with van der Waals surface area (Å²) in [5.41, 5.74) is 1.65. The van der Waals surface area contributed by atoms with Crippen LogP contribution in [0.2, 0.25) is 0 Å². The summed E-state index contributed by atoms with van der Waals surface area (Å²) in [6, 6.07) is 6.56. The summed E-state index contributed by atoms with van der Waals surface area (Å²) in [5, 5.41) is 11.9. The average molecular weight is 346 g/mol. The fraction of sp³-hybridized carbons (Fsp3) is 0.588. The first-order valence-corrected chi connectivity index (χ1v) is 7.92. The summed E-state index contributed by atoms with van der Waals surface area (Å²) in [6.45, 7) is 4.92. The van der Waals surface area contributed by atoms with Crippen LogP contribution in [0.25, 0.3) is 0 Å². The van der Waals surface area contributed by atoms with Gasteiger partial charge in [0.15, 0.2) is 6.10 Å². The van der Waals surface area contributed by atoms with Gasteiger partial charge in [-0.05, 0) is 37.9 Å². The van der Waals surface area contributed by atoms with E-state index in [0.717, 1.165) is 12.0 Å². The highest BCUT2D eigenvalue weighted by atomic mass is 19.4. The van der Waals surface area contributed by atoms with E-state index >= 15 is 0 Å². The number of carbonyl (C=O) groups is 1. The van der Waals surface area contributed by atoms with Crippen molar-refractivity contribution in [2.75, 3.05) is 18.9 Å². The maximum Gasteiger partial charge on any atom is 0.415 e. The van der Waals surface area contributed by atoms with Crippen LogP contribution in [0.5, 0.6) is 0 Å². The lowest BCUT2D eigenvalue weighted by Crippen LogP contribution is -2.46. The highest BCUT2D eigenvalue weighted by Crippen LogP contribution is 2.27. The monoisotopic (exact) mass is 346 g/mol. The van der Waals surface area contributed by atoms with Crippen LogP contribution in [0.4, 0.5) is 18.9 Å². The van der Waals surface area contributed by atoms with Crippen LogP contribution in [0.15, 0.2) is 24.3 Å². The third-order valence-electron chi connectivity index (χ3n) is 4.24. The Morgan fingerprint density at radius 1 is 1.29 bits per heavy atom. The van der Waals surface area contributed by atoms with Crippen LogP contribution in [0.3, 0.4) is 0 Å². The van der Waals surface area contributed by atoms with Crippen molar-refractivity contribution >= 4 is 11.6 Å². The molecule has 4 nitrogen and oxygen atoms in total. The summed E-state index contributed by atoms with van der Waals surface area (Å²) in [4.78, 5) is 13.5. The predicted octanol–water partition coefficient (Wildman–Crippen LogP) is 3.38. The lowest BCUT2D eigenvalue weighted by atomic mass is 9.97. The number of halogens is 3. The Hall–Kier alpha value is -1.60. The van der Waals surface area contributed by atoms with E-state index in [9.17, 15) is 18.0 Å². The van der Waals surface area contributed by atoms with Gasteiger partial charge >= 0.3 is 6.18 Å². The number of anilines is 1. The molecule has 0 aliphatic carbocycles. The third-order valence-corrected chi connectivity index (χ3v) is 4.24. The maximum absolute atomic E-state index is 12.4. The average Bonchev–Trinajstić information content (AvgIpc) is 2.52. The molecule has 2 N–H and O–H groups in total. The Morgan fingerprint density at radius 3 is 2.42 bits per heavy atom. The number of hydrogen-bond donors (Lipinski definition) is 2. The number of alkyl halides is 3. The SMILES string of the molecule is CCC(C)c1ccccc1NC(=O)C(C)N(C)CC(O)C(F)(F)F. The van der Waals surface area contributed by atoms with Gasteiger partial charge in [-0.15, -0.1) is 0 Å². The second-order valence-corrected chi connectivity index (χ2v) is 6.06. The number of hydrogen-bond acceptors (Lipinski definition) is 3. The minimum atomic E-state index is -4.70.